The summed E-state index contributed by atoms with van der Waals surface area (Å²) < 4.78 is 95.6. The van der Waals surface area contributed by atoms with Crippen molar-refractivity contribution in [1.29, 1.82) is 0 Å². The Bertz CT molecular complexity index is 3500. The number of hydrogen-bond donors (Lipinski definition) is 2. The lowest BCUT2D eigenvalue weighted by atomic mass is 9.62. The van der Waals surface area contributed by atoms with Crippen LogP contribution in [0.3, 0.4) is 0 Å². The monoisotopic (exact) mass is 1340 g/mol. The molecule has 0 unspecified atom stereocenters. The van der Waals surface area contributed by atoms with Crippen molar-refractivity contribution in [1.82, 2.24) is 9.44 Å². The summed E-state index contributed by atoms with van der Waals surface area (Å²) >= 11 is 12.9. The van der Waals surface area contributed by atoms with Crippen LogP contribution in [0.1, 0.15) is 172 Å². The number of amides is 2. The Balaban J connectivity index is 0.000000168. The predicted molar refractivity (Wildman–Crippen MR) is 350 cm³/mol. The van der Waals surface area contributed by atoms with E-state index in [1.807, 2.05) is 26.0 Å². The summed E-state index contributed by atoms with van der Waals surface area (Å²) in [6.07, 6.45) is 15.2. The molecular weight excluding hydrogens is 1260 g/mol. The molecule has 2 N–H and O–H groups in total. The largest absolute Gasteiger partial charge is 0.490 e. The summed E-state index contributed by atoms with van der Waals surface area (Å²) in [7, 11) is -7.83. The predicted octanol–water partition coefficient (Wildman–Crippen LogP) is 11.1. The molecule has 2 amide bonds. The molecule has 14 rings (SSSR count). The van der Waals surface area contributed by atoms with Gasteiger partial charge in [-0.1, -0.05) is 62.0 Å². The number of halogens is 2. The molecule has 4 fully saturated rings. The van der Waals surface area contributed by atoms with Gasteiger partial charge in [-0.05, 0) is 210 Å². The lowest BCUT2D eigenvalue weighted by Gasteiger charge is -2.52. The third kappa shape index (κ3) is 12.8. The van der Waals surface area contributed by atoms with Crippen molar-refractivity contribution in [3.63, 3.8) is 0 Å². The zero-order chi connectivity index (χ0) is 64.2. The smallest absolute Gasteiger partial charge is 0.332 e. The third-order valence-corrected chi connectivity index (χ3v) is 26.8. The van der Waals surface area contributed by atoms with E-state index < -0.39 is 53.6 Å². The van der Waals surface area contributed by atoms with Crippen LogP contribution >= 0.6 is 23.2 Å². The van der Waals surface area contributed by atoms with Gasteiger partial charge in [0.2, 0.25) is 20.0 Å². The molecule has 18 nitrogen and oxygen atoms in total. The van der Waals surface area contributed by atoms with Gasteiger partial charge in [0, 0.05) is 70.0 Å². The maximum Gasteiger partial charge on any atom is 0.332 e. The number of ether oxygens (including phenoxy) is 6. The fourth-order valence-electron chi connectivity index (χ4n) is 17.5. The van der Waals surface area contributed by atoms with E-state index in [0.717, 1.165) is 85.6 Å². The number of hydrogen-bond acceptors (Lipinski definition) is 16. The van der Waals surface area contributed by atoms with Crippen LogP contribution in [0, 0.1) is 23.7 Å². The van der Waals surface area contributed by atoms with Crippen LogP contribution in [0.15, 0.2) is 72.8 Å². The highest BCUT2D eigenvalue weighted by atomic mass is 35.5. The maximum absolute atomic E-state index is 13.5. The molecular formula is C70H86Cl2N4O14S2. The molecule has 2 saturated carbocycles. The summed E-state index contributed by atoms with van der Waals surface area (Å²) in [5, 5.41) is 0.0347. The van der Waals surface area contributed by atoms with Crippen LogP contribution in [0.5, 0.6) is 11.5 Å². The number of benzene rings is 4. The summed E-state index contributed by atoms with van der Waals surface area (Å²) in [5.74, 6) is 0.111. The van der Waals surface area contributed by atoms with Gasteiger partial charge < -0.3 is 38.2 Å². The van der Waals surface area contributed by atoms with Crippen LogP contribution in [-0.4, -0.2) is 128 Å². The van der Waals surface area contributed by atoms with Crippen molar-refractivity contribution in [3.8, 4) is 11.5 Å². The van der Waals surface area contributed by atoms with Gasteiger partial charge in [0.05, 0.1) is 48.3 Å². The molecule has 10 atom stereocenters. The van der Waals surface area contributed by atoms with Crippen molar-refractivity contribution < 1.29 is 64.4 Å². The van der Waals surface area contributed by atoms with E-state index in [1.165, 1.54) is 22.3 Å². The second-order valence-electron chi connectivity index (χ2n) is 28.0. The lowest BCUT2D eigenvalue weighted by Crippen LogP contribution is -2.58. The number of nitrogens with zero attached hydrogens (tertiary/aromatic N) is 2. The minimum absolute atomic E-state index is 0.0411. The molecule has 0 radical (unpaired) electrons. The Hall–Kier alpha value is -5.64. The highest BCUT2D eigenvalue weighted by Gasteiger charge is 2.55. The highest BCUT2D eigenvalue weighted by Crippen LogP contribution is 2.53. The molecule has 22 heteroatoms. The summed E-state index contributed by atoms with van der Waals surface area (Å²) in [5.41, 5.74) is 5.02. The third-order valence-electron chi connectivity index (χ3n) is 22.5. The van der Waals surface area contributed by atoms with E-state index in [2.05, 4.69) is 43.5 Å². The number of sulfonamides is 2. The van der Waals surface area contributed by atoms with Gasteiger partial charge in [-0.3, -0.25) is 9.59 Å². The van der Waals surface area contributed by atoms with Gasteiger partial charge in [-0.15, -0.1) is 0 Å². The molecule has 4 aliphatic carbocycles. The van der Waals surface area contributed by atoms with Crippen LogP contribution in [0.25, 0.3) is 0 Å². The quantitative estimate of drug-likeness (QED) is 0.178. The first kappa shape index (κ1) is 65.0. The van der Waals surface area contributed by atoms with E-state index in [-0.39, 0.29) is 70.8 Å². The molecule has 10 aliphatic rings. The van der Waals surface area contributed by atoms with Crippen LogP contribution < -0.4 is 28.7 Å². The van der Waals surface area contributed by atoms with E-state index in [4.69, 9.17) is 51.6 Å². The second kappa shape index (κ2) is 26.2. The molecule has 92 heavy (non-hydrogen) atoms. The number of carbonyl (C=O) groups is 4. The van der Waals surface area contributed by atoms with E-state index in [1.54, 1.807) is 36.4 Å². The average molecular weight is 1340 g/mol. The maximum atomic E-state index is 13.5. The van der Waals surface area contributed by atoms with Gasteiger partial charge in [0.1, 0.15) is 35.9 Å². The molecule has 6 heterocycles. The van der Waals surface area contributed by atoms with Gasteiger partial charge in [-0.2, -0.15) is 0 Å². The van der Waals surface area contributed by atoms with Crippen molar-refractivity contribution in [3.05, 3.63) is 116 Å². The molecule has 4 bridgehead atoms. The van der Waals surface area contributed by atoms with Crippen LogP contribution in [-0.2, 0) is 72.3 Å². The fourth-order valence-corrected chi connectivity index (χ4v) is 20.8. The molecule has 6 aliphatic heterocycles. The SMILES string of the molecule is CC[C@@H]1CCCC[C@@]2(COCC(=O)O2)[C@@H]2CC[C@H]2CN2C[C@@]3(CCCc4cc(Cl)ccc43)COc3ccc(cc32)C(=O)NS1(=O)=O.CC[C@@H]1CCCC[C@]2(COCC(=O)O2)[C@@H]2CC[C@H]2CN2C[C@@]3(CCCc4cc(Cl)ccc43)COc3ccc(cc32)C(=O)NS1(=O)=O. The summed E-state index contributed by atoms with van der Waals surface area (Å²) in [6.45, 7) is 7.95. The number of carbonyl (C=O) groups excluding carboxylic acids is 4. The minimum atomic E-state index is -3.92. The van der Waals surface area contributed by atoms with Crippen molar-refractivity contribution in [2.24, 2.45) is 23.7 Å². The van der Waals surface area contributed by atoms with Crippen molar-refractivity contribution in [2.45, 2.75) is 175 Å². The number of esters is 2. The van der Waals surface area contributed by atoms with Crippen LogP contribution in [0.4, 0.5) is 11.4 Å². The van der Waals surface area contributed by atoms with Gasteiger partial charge in [-0.25, -0.2) is 35.9 Å². The zero-order valence-electron chi connectivity index (χ0n) is 52.8. The Labute approximate surface area is 550 Å². The van der Waals surface area contributed by atoms with Crippen molar-refractivity contribution >= 4 is 78.4 Å². The van der Waals surface area contributed by atoms with Gasteiger partial charge in [0.25, 0.3) is 11.8 Å². The Morgan fingerprint density at radius 2 is 0.946 bits per heavy atom. The van der Waals surface area contributed by atoms with Gasteiger partial charge in [0.15, 0.2) is 0 Å². The number of aryl methyl sites for hydroxylation is 2. The first-order valence-electron chi connectivity index (χ1n) is 33.6. The molecule has 0 aromatic heterocycles. The summed E-state index contributed by atoms with van der Waals surface area (Å²) in [6, 6.07) is 22.8. The normalized spacial score (nSPS) is 32.7. The first-order chi connectivity index (χ1) is 44.2. The lowest BCUT2D eigenvalue weighted by molar-refractivity contribution is -0.216. The first-order valence-corrected chi connectivity index (χ1v) is 37.4. The Morgan fingerprint density at radius 3 is 1.34 bits per heavy atom. The second-order valence-corrected chi connectivity index (χ2v) is 32.8. The summed E-state index contributed by atoms with van der Waals surface area (Å²) in [4.78, 5) is 57.0. The highest BCUT2D eigenvalue weighted by molar-refractivity contribution is 7.91. The minimum Gasteiger partial charge on any atom is -0.490 e. The Kier molecular flexibility index (Phi) is 18.5. The molecule has 4 aromatic rings. The average Bonchev–Trinajstić information content (AvgIpc) is 1.32. The van der Waals surface area contributed by atoms with E-state index in [9.17, 15) is 36.0 Å². The zero-order valence-corrected chi connectivity index (χ0v) is 55.9. The van der Waals surface area contributed by atoms with Gasteiger partial charge >= 0.3 is 11.9 Å². The molecule has 4 spiro atoms. The number of anilines is 2. The van der Waals surface area contributed by atoms with E-state index >= 15 is 0 Å². The van der Waals surface area contributed by atoms with Crippen LogP contribution in [0.2, 0.25) is 10.0 Å². The number of nitrogens with one attached hydrogen (secondary N) is 2. The molecule has 496 valence electrons. The Morgan fingerprint density at radius 1 is 0.511 bits per heavy atom. The topological polar surface area (TPSA) is 222 Å². The fraction of sp³-hybridized carbons (Fsp3) is 0.600. The number of fused-ring (bicyclic) bond motifs is 10. The standard InChI is InChI=1S/2C35H43ClN2O7S/c2*1-2-27-7-3-4-15-35(22-43-19-32(39)45-35)29-11-8-25(29)18-38-20-34(14-5-6-23-16-26(36)10-12-28(23)34)21-44-31-13-9-24(17-30(31)38)33(40)37-46(27,41)42/h2*9-10,12-13,16-17,25,27,29H,2-8,11,14-15,18-22H2,1H3,(H,37,40)/t25-,27+,29+,34-,35+;25-,27+,29+,34-,35-/m00/s1. The molecule has 4 aromatic carbocycles. The number of rotatable bonds is 2. The van der Waals surface area contributed by atoms with Crippen molar-refractivity contribution in [2.75, 3.05) is 75.6 Å². The molecule has 2 saturated heterocycles. The van der Waals surface area contributed by atoms with E-state index in [0.29, 0.717) is 128 Å².